The number of nitrogens with zero attached hydrogens (tertiary/aromatic N) is 4. The average Bonchev–Trinajstić information content (AvgIpc) is 3.12. The number of carbonyl (C=O) groups is 1. The summed E-state index contributed by atoms with van der Waals surface area (Å²) in [6, 6.07) is 9.35. The lowest BCUT2D eigenvalue weighted by Crippen LogP contribution is -2.15. The molecule has 0 aliphatic carbocycles. The van der Waals surface area contributed by atoms with E-state index in [-0.39, 0.29) is 23.1 Å². The summed E-state index contributed by atoms with van der Waals surface area (Å²) in [6.07, 6.45) is 0. The number of amides is 1. The van der Waals surface area contributed by atoms with Gasteiger partial charge in [-0.05, 0) is 37.6 Å². The standard InChI is InChI=1S/C19H18BrN5O4S/c1-3-24-18(14-8-12(20)5-7-16(14)26)22-23-19(24)30-10-17(27)21-15-9-13(25(28)29)6-4-11(15)2/h4-9,26H,3,10H2,1-2H3,(H,21,27). The van der Waals surface area contributed by atoms with E-state index < -0.39 is 4.92 Å². The van der Waals surface area contributed by atoms with Gasteiger partial charge in [0.15, 0.2) is 11.0 Å². The Morgan fingerprint density at radius 3 is 2.77 bits per heavy atom. The molecule has 0 saturated carbocycles. The van der Waals surface area contributed by atoms with E-state index in [0.717, 1.165) is 10.0 Å². The number of carbonyl (C=O) groups excluding carboxylic acids is 1. The summed E-state index contributed by atoms with van der Waals surface area (Å²) in [5.41, 5.74) is 1.56. The van der Waals surface area contributed by atoms with Crippen molar-refractivity contribution in [3.8, 4) is 17.1 Å². The monoisotopic (exact) mass is 491 g/mol. The van der Waals surface area contributed by atoms with E-state index in [1.54, 1.807) is 35.8 Å². The number of aromatic nitrogens is 3. The normalized spacial score (nSPS) is 10.8. The highest BCUT2D eigenvalue weighted by molar-refractivity contribution is 9.10. The fraction of sp³-hybridized carbons (Fsp3) is 0.211. The zero-order valence-electron chi connectivity index (χ0n) is 16.1. The van der Waals surface area contributed by atoms with Crippen molar-refractivity contribution in [1.82, 2.24) is 14.8 Å². The molecule has 3 rings (SSSR count). The van der Waals surface area contributed by atoms with Crippen LogP contribution in [-0.2, 0) is 11.3 Å². The minimum absolute atomic E-state index is 0.0464. The first-order valence-electron chi connectivity index (χ1n) is 8.90. The molecule has 11 heteroatoms. The van der Waals surface area contributed by atoms with Gasteiger partial charge < -0.3 is 15.0 Å². The molecule has 2 N–H and O–H groups in total. The summed E-state index contributed by atoms with van der Waals surface area (Å²) in [4.78, 5) is 22.8. The first kappa shape index (κ1) is 21.8. The van der Waals surface area contributed by atoms with Crippen molar-refractivity contribution in [2.45, 2.75) is 25.5 Å². The van der Waals surface area contributed by atoms with Crippen LogP contribution in [0.4, 0.5) is 11.4 Å². The second kappa shape index (κ2) is 9.26. The summed E-state index contributed by atoms with van der Waals surface area (Å²) in [6.45, 7) is 4.22. The molecule has 0 bridgehead atoms. The van der Waals surface area contributed by atoms with Gasteiger partial charge in [-0.15, -0.1) is 10.2 Å². The highest BCUT2D eigenvalue weighted by Crippen LogP contribution is 2.32. The van der Waals surface area contributed by atoms with Crippen LogP contribution in [0.1, 0.15) is 12.5 Å². The van der Waals surface area contributed by atoms with Crippen molar-refractivity contribution in [1.29, 1.82) is 0 Å². The lowest BCUT2D eigenvalue weighted by Gasteiger charge is -2.10. The number of hydrogen-bond donors (Lipinski definition) is 2. The zero-order chi connectivity index (χ0) is 21.8. The molecule has 0 fully saturated rings. The second-order valence-corrected chi connectivity index (χ2v) is 8.16. The lowest BCUT2D eigenvalue weighted by atomic mass is 10.2. The Balaban J connectivity index is 1.74. The van der Waals surface area contributed by atoms with Crippen molar-refractivity contribution < 1.29 is 14.8 Å². The number of phenolic OH excluding ortho intramolecular Hbond substituents is 1. The van der Waals surface area contributed by atoms with Gasteiger partial charge in [-0.3, -0.25) is 14.9 Å². The Bertz CT molecular complexity index is 1120. The first-order chi connectivity index (χ1) is 14.3. The van der Waals surface area contributed by atoms with E-state index in [1.807, 2.05) is 6.92 Å². The third kappa shape index (κ3) is 4.79. The van der Waals surface area contributed by atoms with E-state index in [4.69, 9.17) is 0 Å². The Kier molecular flexibility index (Phi) is 6.73. The molecule has 0 aliphatic heterocycles. The van der Waals surface area contributed by atoms with Crippen molar-refractivity contribution in [3.05, 3.63) is 56.5 Å². The maximum atomic E-state index is 12.4. The van der Waals surface area contributed by atoms with Crippen LogP contribution in [0.5, 0.6) is 5.75 Å². The number of phenols is 1. The van der Waals surface area contributed by atoms with Gasteiger partial charge in [0.1, 0.15) is 5.75 Å². The van der Waals surface area contributed by atoms with Gasteiger partial charge in [-0.2, -0.15) is 0 Å². The van der Waals surface area contributed by atoms with Crippen LogP contribution in [0.2, 0.25) is 0 Å². The van der Waals surface area contributed by atoms with Crippen molar-refractivity contribution in [3.63, 3.8) is 0 Å². The number of aryl methyl sites for hydroxylation is 1. The van der Waals surface area contributed by atoms with Gasteiger partial charge in [0.2, 0.25) is 5.91 Å². The van der Waals surface area contributed by atoms with Gasteiger partial charge >= 0.3 is 0 Å². The van der Waals surface area contributed by atoms with Crippen LogP contribution in [0.15, 0.2) is 46.0 Å². The number of aromatic hydroxyl groups is 1. The number of nitro benzene ring substituents is 1. The SMILES string of the molecule is CCn1c(SCC(=O)Nc2cc([N+](=O)[O-])ccc2C)nnc1-c1cc(Br)ccc1O. The molecular weight excluding hydrogens is 474 g/mol. The second-order valence-electron chi connectivity index (χ2n) is 6.31. The molecule has 1 heterocycles. The lowest BCUT2D eigenvalue weighted by molar-refractivity contribution is -0.384. The number of hydrogen-bond acceptors (Lipinski definition) is 7. The highest BCUT2D eigenvalue weighted by Gasteiger charge is 2.18. The van der Waals surface area contributed by atoms with E-state index in [0.29, 0.717) is 28.8 Å². The van der Waals surface area contributed by atoms with Crippen LogP contribution in [-0.4, -0.2) is 36.5 Å². The largest absolute Gasteiger partial charge is 0.507 e. The number of non-ortho nitro benzene ring substituents is 1. The molecule has 0 saturated heterocycles. The van der Waals surface area contributed by atoms with Crippen molar-refractivity contribution in [2.24, 2.45) is 0 Å². The number of rotatable bonds is 7. The molecule has 1 aromatic heterocycles. The number of thioether (sulfide) groups is 1. The van der Waals surface area contributed by atoms with Crippen LogP contribution < -0.4 is 5.32 Å². The first-order valence-corrected chi connectivity index (χ1v) is 10.7. The topological polar surface area (TPSA) is 123 Å². The van der Waals surface area contributed by atoms with Gasteiger partial charge in [-0.1, -0.05) is 33.8 Å². The van der Waals surface area contributed by atoms with E-state index in [9.17, 15) is 20.0 Å². The van der Waals surface area contributed by atoms with Crippen LogP contribution in [0.3, 0.4) is 0 Å². The Hall–Kier alpha value is -2.92. The molecule has 0 radical (unpaired) electrons. The molecule has 2 aromatic carbocycles. The molecule has 30 heavy (non-hydrogen) atoms. The maximum Gasteiger partial charge on any atom is 0.271 e. The number of nitrogens with one attached hydrogen (secondary N) is 1. The van der Waals surface area contributed by atoms with Crippen molar-refractivity contribution >= 4 is 45.0 Å². The molecule has 3 aromatic rings. The molecule has 0 aliphatic rings. The molecule has 0 atom stereocenters. The summed E-state index contributed by atoms with van der Waals surface area (Å²) >= 11 is 4.57. The molecule has 9 nitrogen and oxygen atoms in total. The van der Waals surface area contributed by atoms with Crippen LogP contribution in [0.25, 0.3) is 11.4 Å². The van der Waals surface area contributed by atoms with E-state index in [1.165, 1.54) is 23.9 Å². The number of nitro groups is 1. The zero-order valence-corrected chi connectivity index (χ0v) is 18.5. The van der Waals surface area contributed by atoms with E-state index in [2.05, 4.69) is 31.4 Å². The van der Waals surface area contributed by atoms with Gasteiger partial charge in [0.05, 0.1) is 21.9 Å². The fourth-order valence-electron chi connectivity index (χ4n) is 2.74. The number of benzene rings is 2. The Morgan fingerprint density at radius 1 is 1.30 bits per heavy atom. The third-order valence-electron chi connectivity index (χ3n) is 4.27. The number of anilines is 1. The molecule has 1 amide bonds. The molecule has 156 valence electrons. The molecule has 0 unspecified atom stereocenters. The van der Waals surface area contributed by atoms with Crippen LogP contribution in [0, 0.1) is 17.0 Å². The Labute approximate surface area is 184 Å². The average molecular weight is 492 g/mol. The summed E-state index contributed by atoms with van der Waals surface area (Å²) in [5.74, 6) is 0.302. The summed E-state index contributed by atoms with van der Waals surface area (Å²) in [7, 11) is 0. The highest BCUT2D eigenvalue weighted by atomic mass is 79.9. The van der Waals surface area contributed by atoms with Crippen LogP contribution >= 0.6 is 27.7 Å². The van der Waals surface area contributed by atoms with Gasteiger partial charge in [-0.25, -0.2) is 0 Å². The molecule has 0 spiro atoms. The maximum absolute atomic E-state index is 12.4. The quantitative estimate of drug-likeness (QED) is 0.285. The van der Waals surface area contributed by atoms with Gasteiger partial charge in [0.25, 0.3) is 5.69 Å². The van der Waals surface area contributed by atoms with Gasteiger partial charge in [0, 0.05) is 23.2 Å². The predicted molar refractivity (Wildman–Crippen MR) is 118 cm³/mol. The summed E-state index contributed by atoms with van der Waals surface area (Å²) in [5, 5.41) is 32.7. The Morgan fingerprint density at radius 2 is 2.07 bits per heavy atom. The van der Waals surface area contributed by atoms with E-state index >= 15 is 0 Å². The minimum atomic E-state index is -0.507. The third-order valence-corrected chi connectivity index (χ3v) is 5.73. The smallest absolute Gasteiger partial charge is 0.271 e. The minimum Gasteiger partial charge on any atom is -0.507 e. The number of halogens is 1. The fourth-order valence-corrected chi connectivity index (χ4v) is 3.91. The summed E-state index contributed by atoms with van der Waals surface area (Å²) < 4.78 is 2.60. The molecular formula is C19H18BrN5O4S. The predicted octanol–water partition coefficient (Wildman–Crippen LogP) is 4.38. The van der Waals surface area contributed by atoms with Crippen molar-refractivity contribution in [2.75, 3.05) is 11.1 Å².